The summed E-state index contributed by atoms with van der Waals surface area (Å²) in [5.41, 5.74) is 4.07. The summed E-state index contributed by atoms with van der Waals surface area (Å²) in [6.07, 6.45) is 4.87. The van der Waals surface area contributed by atoms with E-state index >= 15 is 0 Å². The van der Waals surface area contributed by atoms with Crippen molar-refractivity contribution in [2.45, 2.75) is 19.3 Å². The second-order valence-corrected chi connectivity index (χ2v) is 6.76. The van der Waals surface area contributed by atoms with Crippen LogP contribution in [0.2, 0.25) is 0 Å². The van der Waals surface area contributed by atoms with Crippen molar-refractivity contribution >= 4 is 21.8 Å². The molecule has 0 unspecified atom stereocenters. The number of rotatable bonds is 4. The molecule has 0 aromatic heterocycles. The average molecular weight is 299 g/mol. The summed E-state index contributed by atoms with van der Waals surface area (Å²) < 4.78 is 26.8. The maximum Gasteiger partial charge on any atom is 0.255 e. The topological polar surface area (TPSA) is 46.2 Å². The van der Waals surface area contributed by atoms with Crippen LogP contribution in [0.1, 0.15) is 23.1 Å². The molecule has 2 aromatic rings. The van der Waals surface area contributed by atoms with Crippen LogP contribution in [0.15, 0.2) is 53.9 Å². The first-order chi connectivity index (χ1) is 10.1. The van der Waals surface area contributed by atoms with Crippen LogP contribution in [0.4, 0.5) is 5.69 Å². The van der Waals surface area contributed by atoms with Gasteiger partial charge in [0.1, 0.15) is 0 Å². The van der Waals surface area contributed by atoms with Crippen LogP contribution in [0.3, 0.4) is 0 Å². The first-order valence-electron chi connectivity index (χ1n) is 7.00. The number of sulfonamides is 1. The van der Waals surface area contributed by atoms with E-state index in [0.717, 1.165) is 24.8 Å². The summed E-state index contributed by atoms with van der Waals surface area (Å²) >= 11 is 0. The van der Waals surface area contributed by atoms with Gasteiger partial charge in [-0.3, -0.25) is 4.72 Å². The Morgan fingerprint density at radius 1 is 0.952 bits per heavy atom. The molecule has 1 N–H and O–H groups in total. The molecule has 4 heteroatoms. The minimum Gasteiger partial charge on any atom is -0.280 e. The molecule has 1 aliphatic carbocycles. The third-order valence-corrected chi connectivity index (χ3v) is 4.61. The van der Waals surface area contributed by atoms with Gasteiger partial charge in [0.15, 0.2) is 0 Å². The zero-order valence-electron chi connectivity index (χ0n) is 11.6. The van der Waals surface area contributed by atoms with E-state index in [0.29, 0.717) is 5.69 Å². The number of hydrogen-bond donors (Lipinski definition) is 1. The molecule has 0 fully saturated rings. The number of nitrogens with one attached hydrogen (secondary N) is 1. The van der Waals surface area contributed by atoms with Crippen molar-refractivity contribution in [1.29, 1.82) is 0 Å². The van der Waals surface area contributed by atoms with Crippen molar-refractivity contribution in [1.82, 2.24) is 0 Å². The molecule has 0 aliphatic heterocycles. The fraction of sp³-hybridized carbons (Fsp3) is 0.176. The summed E-state index contributed by atoms with van der Waals surface area (Å²) in [7, 11) is -3.48. The maximum atomic E-state index is 12.1. The monoisotopic (exact) mass is 299 g/mol. The SMILES string of the molecule is O=S(=O)(C=Cc1ccccc1)Nc1ccc2c(c1)CCC2. The van der Waals surface area contributed by atoms with Gasteiger partial charge >= 0.3 is 0 Å². The Labute approximate surface area is 125 Å². The molecule has 0 bridgehead atoms. The zero-order chi connectivity index (χ0) is 14.7. The third-order valence-electron chi connectivity index (χ3n) is 3.60. The first kappa shape index (κ1) is 13.9. The predicted octanol–water partition coefficient (Wildman–Crippen LogP) is 3.59. The molecule has 2 aromatic carbocycles. The fourth-order valence-corrected chi connectivity index (χ4v) is 3.43. The molecule has 0 heterocycles. The van der Waals surface area contributed by atoms with Crippen LogP contribution in [0.5, 0.6) is 0 Å². The van der Waals surface area contributed by atoms with E-state index in [1.54, 1.807) is 6.08 Å². The Kier molecular flexibility index (Phi) is 3.80. The molecule has 3 rings (SSSR count). The number of aryl methyl sites for hydroxylation is 2. The highest BCUT2D eigenvalue weighted by atomic mass is 32.2. The number of hydrogen-bond acceptors (Lipinski definition) is 2. The van der Waals surface area contributed by atoms with Gasteiger partial charge in [-0.25, -0.2) is 8.42 Å². The molecule has 0 spiro atoms. The van der Waals surface area contributed by atoms with Gasteiger partial charge in [-0.15, -0.1) is 0 Å². The molecular formula is C17H17NO2S. The molecule has 21 heavy (non-hydrogen) atoms. The van der Waals surface area contributed by atoms with Crippen LogP contribution in [-0.4, -0.2) is 8.42 Å². The predicted molar refractivity (Wildman–Crippen MR) is 86.5 cm³/mol. The second-order valence-electron chi connectivity index (χ2n) is 5.20. The van der Waals surface area contributed by atoms with Crippen LogP contribution in [0, 0.1) is 0 Å². The summed E-state index contributed by atoms with van der Waals surface area (Å²) in [6, 6.07) is 15.2. The minimum absolute atomic E-state index is 0.633. The van der Waals surface area contributed by atoms with Gasteiger partial charge in [-0.05, 0) is 54.2 Å². The van der Waals surface area contributed by atoms with Gasteiger partial charge in [0.05, 0.1) is 5.41 Å². The number of benzene rings is 2. The quantitative estimate of drug-likeness (QED) is 0.938. The Hall–Kier alpha value is -2.07. The highest BCUT2D eigenvalue weighted by molar-refractivity contribution is 7.95. The molecule has 1 aliphatic rings. The van der Waals surface area contributed by atoms with Gasteiger partial charge < -0.3 is 0 Å². The smallest absolute Gasteiger partial charge is 0.255 e. The molecule has 0 atom stereocenters. The summed E-state index contributed by atoms with van der Waals surface area (Å²) in [5.74, 6) is 0. The fourth-order valence-electron chi connectivity index (χ4n) is 2.57. The minimum atomic E-state index is -3.48. The van der Waals surface area contributed by atoms with E-state index in [1.807, 2.05) is 48.5 Å². The molecule has 0 amide bonds. The lowest BCUT2D eigenvalue weighted by molar-refractivity contribution is 0.609. The Morgan fingerprint density at radius 3 is 2.52 bits per heavy atom. The largest absolute Gasteiger partial charge is 0.280 e. The van der Waals surface area contributed by atoms with Crippen LogP contribution in [-0.2, 0) is 22.9 Å². The standard InChI is InChI=1S/C17H17NO2S/c19-21(20,12-11-14-5-2-1-3-6-14)18-17-10-9-15-7-4-8-16(15)13-17/h1-3,5-6,9-13,18H,4,7-8H2. The maximum absolute atomic E-state index is 12.1. The molecular weight excluding hydrogens is 282 g/mol. The van der Waals surface area contributed by atoms with E-state index in [4.69, 9.17) is 0 Å². The van der Waals surface area contributed by atoms with E-state index in [2.05, 4.69) is 4.72 Å². The van der Waals surface area contributed by atoms with E-state index in [9.17, 15) is 8.42 Å². The van der Waals surface area contributed by atoms with Gasteiger partial charge in [-0.1, -0.05) is 36.4 Å². The van der Waals surface area contributed by atoms with E-state index < -0.39 is 10.0 Å². The van der Waals surface area contributed by atoms with Crippen molar-refractivity contribution in [3.63, 3.8) is 0 Å². The summed E-state index contributed by atoms with van der Waals surface area (Å²) in [6.45, 7) is 0. The van der Waals surface area contributed by atoms with Crippen molar-refractivity contribution in [3.05, 3.63) is 70.6 Å². The molecule has 0 radical (unpaired) electrons. The second kappa shape index (κ2) is 5.74. The van der Waals surface area contributed by atoms with Crippen molar-refractivity contribution in [2.24, 2.45) is 0 Å². The Bertz CT molecular complexity index is 765. The lowest BCUT2D eigenvalue weighted by atomic mass is 10.1. The van der Waals surface area contributed by atoms with Crippen LogP contribution in [0.25, 0.3) is 6.08 Å². The first-order valence-corrected chi connectivity index (χ1v) is 8.55. The molecule has 0 saturated heterocycles. The van der Waals surface area contributed by atoms with Gasteiger partial charge in [0.25, 0.3) is 10.0 Å². The molecule has 108 valence electrons. The molecule has 3 nitrogen and oxygen atoms in total. The van der Waals surface area contributed by atoms with Crippen LogP contribution >= 0.6 is 0 Å². The highest BCUT2D eigenvalue weighted by Crippen LogP contribution is 2.25. The van der Waals surface area contributed by atoms with Gasteiger partial charge in [-0.2, -0.15) is 0 Å². The number of anilines is 1. The third kappa shape index (κ3) is 3.52. The Balaban J connectivity index is 1.76. The van der Waals surface area contributed by atoms with E-state index in [1.165, 1.54) is 16.5 Å². The van der Waals surface area contributed by atoms with Crippen LogP contribution < -0.4 is 4.72 Å². The lowest BCUT2D eigenvalue weighted by Crippen LogP contribution is -2.09. The summed E-state index contributed by atoms with van der Waals surface area (Å²) in [4.78, 5) is 0. The van der Waals surface area contributed by atoms with Crippen molar-refractivity contribution in [3.8, 4) is 0 Å². The van der Waals surface area contributed by atoms with Crippen molar-refractivity contribution < 1.29 is 8.42 Å². The average Bonchev–Trinajstić information content (AvgIpc) is 2.93. The van der Waals surface area contributed by atoms with Crippen molar-refractivity contribution in [2.75, 3.05) is 4.72 Å². The van der Waals surface area contributed by atoms with Gasteiger partial charge in [0, 0.05) is 5.69 Å². The normalized spacial score (nSPS) is 14.3. The molecule has 0 saturated carbocycles. The van der Waals surface area contributed by atoms with Gasteiger partial charge in [0.2, 0.25) is 0 Å². The van der Waals surface area contributed by atoms with E-state index in [-0.39, 0.29) is 0 Å². The summed E-state index contributed by atoms with van der Waals surface area (Å²) in [5, 5.41) is 1.20. The highest BCUT2D eigenvalue weighted by Gasteiger charge is 2.12. The lowest BCUT2D eigenvalue weighted by Gasteiger charge is -2.07. The number of fused-ring (bicyclic) bond motifs is 1. The zero-order valence-corrected chi connectivity index (χ0v) is 12.4. The Morgan fingerprint density at radius 2 is 1.71 bits per heavy atom.